The van der Waals surface area contributed by atoms with Gasteiger partial charge in [0, 0.05) is 37.1 Å². The smallest absolute Gasteiger partial charge is 0.270 e. The number of aromatic nitrogens is 6. The van der Waals surface area contributed by atoms with Crippen molar-refractivity contribution in [2.75, 3.05) is 13.6 Å². The molecule has 0 atom stereocenters. The van der Waals surface area contributed by atoms with Crippen molar-refractivity contribution < 1.29 is 4.79 Å². The van der Waals surface area contributed by atoms with Gasteiger partial charge in [0.1, 0.15) is 12.0 Å². The first-order chi connectivity index (χ1) is 17.7. The lowest BCUT2D eigenvalue weighted by Crippen LogP contribution is -2.24. The van der Waals surface area contributed by atoms with E-state index in [4.69, 9.17) is 0 Å². The Bertz CT molecular complexity index is 1470. The first kappa shape index (κ1) is 22.2. The Morgan fingerprint density at radius 1 is 1.17 bits per heavy atom. The summed E-state index contributed by atoms with van der Waals surface area (Å²) < 4.78 is 4.10. The third-order valence-electron chi connectivity index (χ3n) is 6.61. The number of pyridine rings is 1. The van der Waals surface area contributed by atoms with Gasteiger partial charge in [-0.15, -0.1) is 10.2 Å². The summed E-state index contributed by atoms with van der Waals surface area (Å²) in [7, 11) is 1.87. The Morgan fingerprint density at radius 3 is 2.83 bits per heavy atom. The zero-order valence-electron chi connectivity index (χ0n) is 20.1. The zero-order chi connectivity index (χ0) is 24.5. The first-order valence-electron chi connectivity index (χ1n) is 12.4. The van der Waals surface area contributed by atoms with Crippen LogP contribution in [0.3, 0.4) is 0 Å². The predicted octanol–water partition coefficient (Wildman–Crippen LogP) is 3.77. The number of carbonyl (C=O) groups is 1. The Labute approximate surface area is 209 Å². The van der Waals surface area contributed by atoms with Crippen molar-refractivity contribution in [2.24, 2.45) is 0 Å². The molecule has 3 aromatic heterocycles. The Hall–Kier alpha value is -4.27. The van der Waals surface area contributed by atoms with Gasteiger partial charge in [-0.25, -0.2) is 9.97 Å². The minimum Gasteiger partial charge on any atom is -0.385 e. The van der Waals surface area contributed by atoms with E-state index >= 15 is 0 Å². The van der Waals surface area contributed by atoms with E-state index in [9.17, 15) is 4.79 Å². The number of nitrogens with one attached hydrogen (secondary N) is 2. The molecule has 182 valence electrons. The van der Waals surface area contributed by atoms with Gasteiger partial charge in [-0.1, -0.05) is 30.4 Å². The maximum absolute atomic E-state index is 13.0. The van der Waals surface area contributed by atoms with Gasteiger partial charge in [-0.3, -0.25) is 4.79 Å². The maximum atomic E-state index is 13.0. The number of para-hydroxylation sites is 1. The fourth-order valence-corrected chi connectivity index (χ4v) is 4.35. The average molecular weight is 481 g/mol. The number of nitrogens with zero attached hydrogens (tertiary/aromatic N) is 6. The number of hydrogen-bond donors (Lipinski definition) is 2. The van der Waals surface area contributed by atoms with Crippen molar-refractivity contribution in [3.63, 3.8) is 0 Å². The summed E-state index contributed by atoms with van der Waals surface area (Å²) in [4.78, 5) is 22.2. The zero-order valence-corrected chi connectivity index (χ0v) is 20.1. The summed E-state index contributed by atoms with van der Waals surface area (Å²) in [6, 6.07) is 10.2. The number of imidazole rings is 1. The lowest BCUT2D eigenvalue weighted by molar-refractivity contribution is 0.0953. The minimum absolute atomic E-state index is 0.222. The van der Waals surface area contributed by atoms with Gasteiger partial charge in [-0.05, 0) is 43.9 Å². The molecule has 0 aliphatic heterocycles. The molecule has 0 unspecified atom stereocenters. The standard InChI is InChI=1S/C27H28N8O/c1-28-22(26-33-31-17-35(26)19-11-12-19)8-4-5-13-29-27(36)23-14-25(20-6-2-3-7-21(20)32-23)34-15-24(30-16-34)18-9-10-18/h2-8,14-19,28H,9-13H2,1H3,(H,29,36)/b5-4-,22-8-. The lowest BCUT2D eigenvalue weighted by atomic mass is 10.1. The van der Waals surface area contributed by atoms with Crippen molar-refractivity contribution >= 4 is 22.5 Å². The second kappa shape index (κ2) is 9.41. The third kappa shape index (κ3) is 4.51. The van der Waals surface area contributed by atoms with Crippen molar-refractivity contribution in [2.45, 2.75) is 37.6 Å². The lowest BCUT2D eigenvalue weighted by Gasteiger charge is -2.10. The molecule has 1 amide bonds. The topological polar surface area (TPSA) is 103 Å². The van der Waals surface area contributed by atoms with Crippen LogP contribution >= 0.6 is 0 Å². The van der Waals surface area contributed by atoms with Crippen LogP contribution in [0.1, 0.15) is 59.6 Å². The number of hydrogen-bond acceptors (Lipinski definition) is 6. The van der Waals surface area contributed by atoms with E-state index in [-0.39, 0.29) is 5.91 Å². The van der Waals surface area contributed by atoms with Crippen molar-refractivity contribution in [1.82, 2.24) is 39.9 Å². The molecule has 2 saturated carbocycles. The summed E-state index contributed by atoms with van der Waals surface area (Å²) in [5.74, 6) is 1.17. The molecule has 1 aromatic carbocycles. The highest BCUT2D eigenvalue weighted by Crippen LogP contribution is 2.39. The van der Waals surface area contributed by atoms with Gasteiger partial charge in [0.25, 0.3) is 5.91 Å². The predicted molar refractivity (Wildman–Crippen MR) is 138 cm³/mol. The molecule has 0 spiro atoms. The van der Waals surface area contributed by atoms with Crippen LogP contribution in [0, 0.1) is 0 Å². The van der Waals surface area contributed by atoms with E-state index in [1.165, 1.54) is 12.8 Å². The van der Waals surface area contributed by atoms with Crippen LogP contribution in [0.2, 0.25) is 0 Å². The molecule has 2 aliphatic rings. The summed E-state index contributed by atoms with van der Waals surface area (Å²) in [5, 5.41) is 15.4. The Balaban J connectivity index is 1.17. The van der Waals surface area contributed by atoms with Crippen molar-refractivity contribution in [3.05, 3.63) is 84.6 Å². The molecule has 0 radical (unpaired) electrons. The molecule has 2 fully saturated rings. The molecule has 0 saturated heterocycles. The van der Waals surface area contributed by atoms with Crippen LogP contribution in [-0.2, 0) is 0 Å². The number of carbonyl (C=O) groups excluding carboxylic acids is 1. The number of allylic oxidation sites excluding steroid dienone is 2. The quantitative estimate of drug-likeness (QED) is 0.354. The number of amides is 1. The minimum atomic E-state index is -0.222. The van der Waals surface area contributed by atoms with E-state index in [2.05, 4.69) is 41.6 Å². The number of benzene rings is 1. The van der Waals surface area contributed by atoms with E-state index in [0.29, 0.717) is 24.2 Å². The largest absolute Gasteiger partial charge is 0.385 e. The summed E-state index contributed by atoms with van der Waals surface area (Å²) in [6.45, 7) is 0.377. The Morgan fingerprint density at radius 2 is 2.03 bits per heavy atom. The fourth-order valence-electron chi connectivity index (χ4n) is 4.35. The number of fused-ring (bicyclic) bond motifs is 1. The second-order valence-corrected chi connectivity index (χ2v) is 9.29. The average Bonchev–Trinajstić information content (AvgIpc) is 3.84. The third-order valence-corrected chi connectivity index (χ3v) is 6.61. The SMILES string of the molecule is CN/C(=C\C=C/CNC(=O)c1cc(-n2cnc(C3CC3)c2)c2ccccc2n1)c1nncn1C1CC1. The molecule has 4 aromatic rings. The molecular weight excluding hydrogens is 452 g/mol. The van der Waals surface area contributed by atoms with Crippen LogP contribution in [0.25, 0.3) is 22.3 Å². The fraction of sp³-hybridized carbons (Fsp3) is 0.296. The summed E-state index contributed by atoms with van der Waals surface area (Å²) in [6.07, 6.45) is 16.1. The molecule has 9 heteroatoms. The van der Waals surface area contributed by atoms with Crippen LogP contribution in [0.15, 0.2) is 67.4 Å². The summed E-state index contributed by atoms with van der Waals surface area (Å²) in [5.41, 5.74) is 4.05. The molecule has 3 heterocycles. The van der Waals surface area contributed by atoms with Gasteiger partial charge < -0.3 is 19.8 Å². The van der Waals surface area contributed by atoms with Gasteiger partial charge in [0.05, 0.1) is 28.9 Å². The monoisotopic (exact) mass is 480 g/mol. The molecule has 6 rings (SSSR count). The van der Waals surface area contributed by atoms with Gasteiger partial charge >= 0.3 is 0 Å². The molecule has 0 bridgehead atoms. The highest BCUT2D eigenvalue weighted by Gasteiger charge is 2.27. The van der Waals surface area contributed by atoms with Crippen LogP contribution in [0.5, 0.6) is 0 Å². The summed E-state index contributed by atoms with van der Waals surface area (Å²) >= 11 is 0. The second-order valence-electron chi connectivity index (χ2n) is 9.29. The Kier molecular flexibility index (Phi) is 5.80. The molecule has 9 nitrogen and oxygen atoms in total. The highest BCUT2D eigenvalue weighted by molar-refractivity contribution is 5.97. The van der Waals surface area contributed by atoms with Crippen molar-refractivity contribution in [3.8, 4) is 5.69 Å². The maximum Gasteiger partial charge on any atom is 0.270 e. The van der Waals surface area contributed by atoms with Crippen LogP contribution in [-0.4, -0.2) is 48.8 Å². The van der Waals surface area contributed by atoms with E-state index in [0.717, 1.165) is 46.6 Å². The van der Waals surface area contributed by atoms with Gasteiger partial charge in [-0.2, -0.15) is 0 Å². The highest BCUT2D eigenvalue weighted by atomic mass is 16.1. The van der Waals surface area contributed by atoms with Gasteiger partial charge in [0.15, 0.2) is 5.82 Å². The van der Waals surface area contributed by atoms with E-state index in [1.807, 2.05) is 66.5 Å². The molecular formula is C27H28N8O. The van der Waals surface area contributed by atoms with Gasteiger partial charge in [0.2, 0.25) is 0 Å². The molecule has 2 aliphatic carbocycles. The van der Waals surface area contributed by atoms with E-state index in [1.54, 1.807) is 6.33 Å². The van der Waals surface area contributed by atoms with Crippen LogP contribution in [0.4, 0.5) is 0 Å². The van der Waals surface area contributed by atoms with Crippen LogP contribution < -0.4 is 10.6 Å². The normalized spacial score (nSPS) is 16.1. The molecule has 36 heavy (non-hydrogen) atoms. The van der Waals surface area contributed by atoms with E-state index < -0.39 is 0 Å². The molecule has 2 N–H and O–H groups in total. The van der Waals surface area contributed by atoms with Crippen molar-refractivity contribution in [1.29, 1.82) is 0 Å². The first-order valence-corrected chi connectivity index (χ1v) is 12.4. The number of rotatable bonds is 9.